The molecule has 4 fully saturated rings. The summed E-state index contributed by atoms with van der Waals surface area (Å²) in [7, 11) is 0. The zero-order valence-electron chi connectivity index (χ0n) is 20.7. The van der Waals surface area contributed by atoms with E-state index >= 15 is 0 Å². The van der Waals surface area contributed by atoms with Crippen molar-refractivity contribution in [1.29, 1.82) is 0 Å². The van der Waals surface area contributed by atoms with Gasteiger partial charge in [-0.1, -0.05) is 0 Å². The molecule has 0 radical (unpaired) electrons. The van der Waals surface area contributed by atoms with E-state index in [0.29, 0.717) is 17.8 Å². The van der Waals surface area contributed by atoms with Gasteiger partial charge >= 0.3 is 0 Å². The van der Waals surface area contributed by atoms with E-state index in [-0.39, 0.29) is 0 Å². The molecule has 4 heterocycles. The summed E-state index contributed by atoms with van der Waals surface area (Å²) in [5.41, 5.74) is 3.80. The number of hydrogen-bond acceptors (Lipinski definition) is 7. The highest BCUT2D eigenvalue weighted by Gasteiger charge is 2.28. The molecule has 8 heteroatoms. The van der Waals surface area contributed by atoms with E-state index in [1.165, 1.54) is 69.4 Å². The van der Waals surface area contributed by atoms with Gasteiger partial charge in [0.15, 0.2) is 0 Å². The fraction of sp³-hybridized carbons (Fsp3) is 0.630. The normalized spacial score (nSPS) is 21.1. The number of carbonyl (C=O) groups is 1. The lowest BCUT2D eigenvalue weighted by Gasteiger charge is -2.32. The number of rotatable bonds is 8. The third kappa shape index (κ3) is 7.21. The van der Waals surface area contributed by atoms with Crippen LogP contribution in [0.2, 0.25) is 0 Å². The maximum atomic E-state index is 9.00. The zero-order valence-corrected chi connectivity index (χ0v) is 20.7. The van der Waals surface area contributed by atoms with Gasteiger partial charge < -0.3 is 20.6 Å². The molecule has 2 saturated heterocycles. The first-order chi connectivity index (χ1) is 17.0. The first kappa shape index (κ1) is 24.1. The number of nitrogens with zero attached hydrogens (tertiary/aromatic N) is 4. The Bertz CT molecular complexity index is 989. The van der Waals surface area contributed by atoms with Crippen LogP contribution in [-0.2, 0) is 11.2 Å². The largest absolute Gasteiger partial charge is 0.481 e. The predicted octanol–water partition coefficient (Wildman–Crippen LogP) is 3.93. The van der Waals surface area contributed by atoms with Gasteiger partial charge in [0.25, 0.3) is 5.97 Å². The number of aromatic nitrogens is 3. The SMILES string of the molecule is CC(=O)O.c1c(C2CCN(CC3CC3)CC2)cc(Nc2cnc(C3CC3)cn2)nc1CC1CNC1. The lowest BCUT2D eigenvalue weighted by atomic mass is 9.88. The van der Waals surface area contributed by atoms with Gasteiger partial charge in [-0.3, -0.25) is 9.78 Å². The van der Waals surface area contributed by atoms with Gasteiger partial charge in [-0.25, -0.2) is 9.97 Å². The topological polar surface area (TPSA) is 103 Å². The third-order valence-electron chi connectivity index (χ3n) is 7.46. The molecule has 0 spiro atoms. The van der Waals surface area contributed by atoms with Crippen LogP contribution >= 0.6 is 0 Å². The fourth-order valence-corrected chi connectivity index (χ4v) is 5.04. The van der Waals surface area contributed by atoms with Crippen LogP contribution in [0.1, 0.15) is 74.2 Å². The van der Waals surface area contributed by atoms with Crippen molar-refractivity contribution < 1.29 is 9.90 Å². The van der Waals surface area contributed by atoms with Crippen molar-refractivity contribution in [2.75, 3.05) is 38.0 Å². The molecule has 2 aromatic heterocycles. The van der Waals surface area contributed by atoms with Crippen molar-refractivity contribution >= 4 is 17.6 Å². The van der Waals surface area contributed by atoms with E-state index in [2.05, 4.69) is 37.6 Å². The van der Waals surface area contributed by atoms with E-state index in [9.17, 15) is 0 Å². The molecule has 8 nitrogen and oxygen atoms in total. The highest BCUT2D eigenvalue weighted by atomic mass is 16.4. The summed E-state index contributed by atoms with van der Waals surface area (Å²) in [6, 6.07) is 4.65. The number of aliphatic carboxylic acids is 1. The minimum absolute atomic E-state index is 0.636. The molecule has 0 bridgehead atoms. The number of likely N-dealkylation sites (tertiary alicyclic amines) is 1. The van der Waals surface area contributed by atoms with E-state index < -0.39 is 5.97 Å². The van der Waals surface area contributed by atoms with Gasteiger partial charge in [0.05, 0.1) is 18.1 Å². The average molecular weight is 479 g/mol. The average Bonchev–Trinajstić information content (AvgIpc) is 3.72. The molecule has 0 unspecified atom stereocenters. The Labute approximate surface area is 208 Å². The van der Waals surface area contributed by atoms with E-state index in [0.717, 1.165) is 49.7 Å². The quantitative estimate of drug-likeness (QED) is 0.524. The number of pyridine rings is 1. The summed E-state index contributed by atoms with van der Waals surface area (Å²) < 4.78 is 0. The van der Waals surface area contributed by atoms with Gasteiger partial charge in [-0.05, 0) is 107 Å². The van der Waals surface area contributed by atoms with Gasteiger partial charge in [-0.2, -0.15) is 0 Å². The maximum Gasteiger partial charge on any atom is 0.300 e. The van der Waals surface area contributed by atoms with Gasteiger partial charge in [0.2, 0.25) is 0 Å². The molecule has 2 aromatic rings. The molecule has 35 heavy (non-hydrogen) atoms. The van der Waals surface area contributed by atoms with Crippen LogP contribution < -0.4 is 10.6 Å². The molecule has 3 N–H and O–H groups in total. The van der Waals surface area contributed by atoms with Crippen LogP contribution in [0.5, 0.6) is 0 Å². The molecule has 0 atom stereocenters. The van der Waals surface area contributed by atoms with Gasteiger partial charge in [-0.15, -0.1) is 0 Å². The molecule has 4 aliphatic rings. The van der Waals surface area contributed by atoms with Crippen LogP contribution in [0.4, 0.5) is 11.6 Å². The number of hydrogen-bond donors (Lipinski definition) is 3. The summed E-state index contributed by atoms with van der Waals surface area (Å²) in [6.45, 7) is 7.11. The van der Waals surface area contributed by atoms with Crippen molar-refractivity contribution in [1.82, 2.24) is 25.2 Å². The molecule has 188 valence electrons. The second-order valence-corrected chi connectivity index (χ2v) is 10.8. The first-order valence-corrected chi connectivity index (χ1v) is 13.2. The number of piperidine rings is 1. The van der Waals surface area contributed by atoms with E-state index in [4.69, 9.17) is 14.9 Å². The van der Waals surface area contributed by atoms with Gasteiger partial charge in [0, 0.05) is 25.1 Å². The summed E-state index contributed by atoms with van der Waals surface area (Å²) in [6.07, 6.45) is 12.8. The van der Waals surface area contributed by atoms with E-state index in [1.807, 2.05) is 12.4 Å². The number of anilines is 2. The van der Waals surface area contributed by atoms with Crippen LogP contribution in [0.3, 0.4) is 0 Å². The van der Waals surface area contributed by atoms with Crippen LogP contribution in [0, 0.1) is 11.8 Å². The Morgan fingerprint density at radius 2 is 1.74 bits per heavy atom. The molecule has 2 saturated carbocycles. The smallest absolute Gasteiger partial charge is 0.300 e. The monoisotopic (exact) mass is 478 g/mol. The summed E-state index contributed by atoms with van der Waals surface area (Å²) >= 11 is 0. The fourth-order valence-electron chi connectivity index (χ4n) is 5.04. The standard InChI is InChI=1S/C25H34N6.C2H4O2/c1-2-17(1)16-31-7-5-19(6-8-31)21-10-22(9-18-12-26-13-18)29-24(11-21)30-25-15-27-23(14-28-25)20-3-4-20;1-2(3)4/h10-11,14-15,17-20,26H,1-9,12-13,16H2,(H,28,29,30);1H3,(H,3,4). The molecule has 2 aliphatic carbocycles. The van der Waals surface area contributed by atoms with Crippen LogP contribution in [0.25, 0.3) is 0 Å². The second-order valence-electron chi connectivity index (χ2n) is 10.8. The van der Waals surface area contributed by atoms with Crippen molar-refractivity contribution in [2.24, 2.45) is 11.8 Å². The first-order valence-electron chi connectivity index (χ1n) is 13.2. The number of carboxylic acid groups (broad SMARTS) is 1. The second kappa shape index (κ2) is 11.0. The van der Waals surface area contributed by atoms with E-state index in [1.54, 1.807) is 0 Å². The molecule has 0 aromatic carbocycles. The Hall–Kier alpha value is -2.58. The van der Waals surface area contributed by atoms with Gasteiger partial charge in [0.1, 0.15) is 11.6 Å². The van der Waals surface area contributed by atoms with Crippen molar-refractivity contribution in [2.45, 2.75) is 63.7 Å². The number of carboxylic acids is 1. The van der Waals surface area contributed by atoms with Crippen molar-refractivity contribution in [3.05, 3.63) is 41.5 Å². The van der Waals surface area contributed by atoms with Crippen molar-refractivity contribution in [3.8, 4) is 0 Å². The summed E-state index contributed by atoms with van der Waals surface area (Å²) in [4.78, 5) is 25.9. The Kier molecular flexibility index (Phi) is 7.58. The molecular formula is C27H38N6O2. The predicted molar refractivity (Wildman–Crippen MR) is 136 cm³/mol. The highest BCUT2D eigenvalue weighted by Crippen LogP contribution is 2.39. The summed E-state index contributed by atoms with van der Waals surface area (Å²) in [5, 5.41) is 14.3. The lowest BCUT2D eigenvalue weighted by molar-refractivity contribution is -0.134. The Morgan fingerprint density at radius 3 is 2.31 bits per heavy atom. The molecule has 2 aliphatic heterocycles. The Morgan fingerprint density at radius 1 is 1.00 bits per heavy atom. The highest BCUT2D eigenvalue weighted by molar-refractivity contribution is 5.63. The van der Waals surface area contributed by atoms with Crippen LogP contribution in [0.15, 0.2) is 24.5 Å². The summed E-state index contributed by atoms with van der Waals surface area (Å²) in [5.74, 6) is 3.87. The maximum absolute atomic E-state index is 9.00. The minimum Gasteiger partial charge on any atom is -0.481 e. The lowest BCUT2D eigenvalue weighted by Crippen LogP contribution is -2.43. The molecular weight excluding hydrogens is 440 g/mol. The molecule has 6 rings (SSSR count). The third-order valence-corrected chi connectivity index (χ3v) is 7.46. The van der Waals surface area contributed by atoms with Crippen molar-refractivity contribution in [3.63, 3.8) is 0 Å². The Balaban J connectivity index is 0.000000591. The number of nitrogens with one attached hydrogen (secondary N) is 2. The minimum atomic E-state index is -0.833. The zero-order chi connectivity index (χ0) is 24.2. The van der Waals surface area contributed by atoms with Crippen LogP contribution in [-0.4, -0.2) is 63.7 Å². The molecule has 0 amide bonds.